The van der Waals surface area contributed by atoms with E-state index in [-0.39, 0.29) is 22.9 Å². The second-order valence-corrected chi connectivity index (χ2v) is 6.19. The number of alkyl halides is 6. The molecule has 0 aliphatic heterocycles. The van der Waals surface area contributed by atoms with Crippen LogP contribution in [0.15, 0.2) is 60.7 Å². The molecule has 0 radical (unpaired) electrons. The van der Waals surface area contributed by atoms with Crippen molar-refractivity contribution in [1.29, 1.82) is 0 Å². The van der Waals surface area contributed by atoms with Crippen LogP contribution in [0.25, 0.3) is 0 Å². The fraction of sp³-hybridized carbons (Fsp3) is 0.100. The normalized spacial score (nSPS) is 11.9. The Hall–Kier alpha value is -3.56. The number of anilines is 2. The summed E-state index contributed by atoms with van der Waals surface area (Å²) in [6.45, 7) is 0. The molecule has 4 nitrogen and oxygen atoms in total. The summed E-state index contributed by atoms with van der Waals surface area (Å²) in [5, 5.41) is 0. The highest BCUT2D eigenvalue weighted by atomic mass is 19.4. The highest BCUT2D eigenvalue weighted by Crippen LogP contribution is 2.41. The van der Waals surface area contributed by atoms with Gasteiger partial charge in [0.15, 0.2) is 0 Å². The minimum Gasteiger partial charge on any atom is -0.457 e. The van der Waals surface area contributed by atoms with E-state index in [1.165, 1.54) is 18.2 Å². The Kier molecular flexibility index (Phi) is 5.43. The Bertz CT molecular complexity index is 983. The van der Waals surface area contributed by atoms with Gasteiger partial charge in [-0.3, -0.25) is 0 Å². The molecule has 10 heteroatoms. The molecule has 0 saturated carbocycles. The molecule has 0 fully saturated rings. The zero-order chi connectivity index (χ0) is 22.1. The van der Waals surface area contributed by atoms with Crippen molar-refractivity contribution in [2.75, 3.05) is 11.5 Å². The zero-order valence-corrected chi connectivity index (χ0v) is 15.0. The first-order valence-corrected chi connectivity index (χ1v) is 8.33. The lowest BCUT2D eigenvalue weighted by molar-refractivity contribution is -0.139. The van der Waals surface area contributed by atoms with Crippen molar-refractivity contribution >= 4 is 11.4 Å². The summed E-state index contributed by atoms with van der Waals surface area (Å²) in [5.41, 5.74) is 9.04. The standard InChI is InChI=1S/C20H14F6N2O2/c21-19(22,23)15-6-4-11(27)8-17(15)29-13-2-1-3-14(10-13)30-18-9-12(28)5-7-16(18)20(24,25)26/h1-10H,27-28H2. The van der Waals surface area contributed by atoms with Gasteiger partial charge in [-0.25, -0.2) is 0 Å². The van der Waals surface area contributed by atoms with Crippen LogP contribution in [0, 0.1) is 0 Å². The number of ether oxygens (including phenoxy) is 2. The molecule has 0 amide bonds. The Morgan fingerprint density at radius 3 is 1.33 bits per heavy atom. The van der Waals surface area contributed by atoms with Gasteiger partial charge in [-0.15, -0.1) is 0 Å². The van der Waals surface area contributed by atoms with Crippen LogP contribution in [-0.2, 0) is 12.4 Å². The number of hydrogen-bond donors (Lipinski definition) is 2. The molecule has 4 N–H and O–H groups in total. The zero-order valence-electron chi connectivity index (χ0n) is 15.0. The van der Waals surface area contributed by atoms with Crippen LogP contribution in [0.1, 0.15) is 11.1 Å². The third kappa shape index (κ3) is 4.88. The number of nitrogens with two attached hydrogens (primary N) is 2. The quantitative estimate of drug-likeness (QED) is 0.369. The molecular weight excluding hydrogens is 414 g/mol. The fourth-order valence-corrected chi connectivity index (χ4v) is 2.57. The Morgan fingerprint density at radius 1 is 0.567 bits per heavy atom. The molecule has 158 valence electrons. The number of rotatable bonds is 4. The van der Waals surface area contributed by atoms with Gasteiger partial charge in [0.1, 0.15) is 23.0 Å². The second kappa shape index (κ2) is 7.69. The first-order valence-electron chi connectivity index (χ1n) is 8.33. The van der Waals surface area contributed by atoms with Crippen molar-refractivity contribution in [2.45, 2.75) is 12.4 Å². The van der Waals surface area contributed by atoms with E-state index in [0.717, 1.165) is 42.5 Å². The smallest absolute Gasteiger partial charge is 0.419 e. The van der Waals surface area contributed by atoms with Crippen LogP contribution in [0.2, 0.25) is 0 Å². The molecule has 3 rings (SSSR count). The minimum atomic E-state index is -4.69. The monoisotopic (exact) mass is 428 g/mol. The lowest BCUT2D eigenvalue weighted by atomic mass is 10.1. The maximum Gasteiger partial charge on any atom is 0.419 e. The summed E-state index contributed by atoms with van der Waals surface area (Å²) in [4.78, 5) is 0. The number of nitrogen functional groups attached to an aromatic ring is 2. The van der Waals surface area contributed by atoms with Crippen molar-refractivity contribution in [3.63, 3.8) is 0 Å². The predicted molar refractivity (Wildman–Crippen MR) is 98.3 cm³/mol. The summed E-state index contributed by atoms with van der Waals surface area (Å²) < 4.78 is 89.7. The van der Waals surface area contributed by atoms with Crippen molar-refractivity contribution in [2.24, 2.45) is 0 Å². The molecule has 3 aromatic rings. The Morgan fingerprint density at radius 2 is 0.967 bits per heavy atom. The maximum atomic E-state index is 13.2. The van der Waals surface area contributed by atoms with Crippen LogP contribution >= 0.6 is 0 Å². The lowest BCUT2D eigenvalue weighted by Gasteiger charge is -2.16. The van der Waals surface area contributed by atoms with E-state index >= 15 is 0 Å². The number of benzene rings is 3. The molecule has 0 spiro atoms. The van der Waals surface area contributed by atoms with Crippen LogP contribution in [-0.4, -0.2) is 0 Å². The molecular formula is C20H14F6N2O2. The molecule has 0 heterocycles. The molecule has 3 aromatic carbocycles. The highest BCUT2D eigenvalue weighted by molar-refractivity contribution is 5.53. The van der Waals surface area contributed by atoms with Gasteiger partial charge in [0.2, 0.25) is 0 Å². The first kappa shape index (κ1) is 21.2. The van der Waals surface area contributed by atoms with Gasteiger partial charge in [0, 0.05) is 29.6 Å². The van der Waals surface area contributed by atoms with Crippen molar-refractivity contribution in [3.8, 4) is 23.0 Å². The molecule has 30 heavy (non-hydrogen) atoms. The van der Waals surface area contributed by atoms with Crippen molar-refractivity contribution < 1.29 is 35.8 Å². The average molecular weight is 428 g/mol. The molecule has 0 bridgehead atoms. The summed E-state index contributed by atoms with van der Waals surface area (Å²) in [6.07, 6.45) is -9.39. The van der Waals surface area contributed by atoms with E-state index in [9.17, 15) is 26.3 Å². The van der Waals surface area contributed by atoms with Gasteiger partial charge in [0.25, 0.3) is 0 Å². The fourth-order valence-electron chi connectivity index (χ4n) is 2.57. The van der Waals surface area contributed by atoms with Gasteiger partial charge >= 0.3 is 12.4 Å². The van der Waals surface area contributed by atoms with E-state index in [1.807, 2.05) is 0 Å². The van der Waals surface area contributed by atoms with E-state index in [2.05, 4.69) is 0 Å². The summed E-state index contributed by atoms with van der Waals surface area (Å²) in [5.74, 6) is -1.30. The van der Waals surface area contributed by atoms with Crippen LogP contribution < -0.4 is 20.9 Å². The topological polar surface area (TPSA) is 70.5 Å². The Labute approximate surface area is 166 Å². The molecule has 0 aliphatic carbocycles. The summed E-state index contributed by atoms with van der Waals surface area (Å²) in [7, 11) is 0. The largest absolute Gasteiger partial charge is 0.457 e. The summed E-state index contributed by atoms with van der Waals surface area (Å²) >= 11 is 0. The van der Waals surface area contributed by atoms with Crippen molar-refractivity contribution in [1.82, 2.24) is 0 Å². The third-order valence-electron chi connectivity index (χ3n) is 3.88. The molecule has 0 atom stereocenters. The second-order valence-electron chi connectivity index (χ2n) is 6.19. The van der Waals surface area contributed by atoms with E-state index in [4.69, 9.17) is 20.9 Å². The van der Waals surface area contributed by atoms with E-state index in [0.29, 0.717) is 0 Å². The molecule has 0 unspecified atom stereocenters. The predicted octanol–water partition coefficient (Wildman–Crippen LogP) is 6.47. The molecule has 0 aliphatic rings. The average Bonchev–Trinajstić information content (AvgIpc) is 2.60. The molecule has 0 saturated heterocycles. The minimum absolute atomic E-state index is 0.0417. The van der Waals surface area contributed by atoms with E-state index in [1.54, 1.807) is 0 Å². The van der Waals surface area contributed by atoms with Gasteiger partial charge in [-0.1, -0.05) is 6.07 Å². The third-order valence-corrected chi connectivity index (χ3v) is 3.88. The lowest BCUT2D eigenvalue weighted by Crippen LogP contribution is -2.08. The van der Waals surface area contributed by atoms with Crippen molar-refractivity contribution in [3.05, 3.63) is 71.8 Å². The van der Waals surface area contributed by atoms with Crippen LogP contribution in [0.4, 0.5) is 37.7 Å². The van der Waals surface area contributed by atoms with Gasteiger partial charge in [-0.05, 0) is 36.4 Å². The maximum absolute atomic E-state index is 13.2. The van der Waals surface area contributed by atoms with Gasteiger partial charge in [0.05, 0.1) is 11.1 Å². The van der Waals surface area contributed by atoms with Crippen LogP contribution in [0.5, 0.6) is 23.0 Å². The SMILES string of the molecule is Nc1ccc(C(F)(F)F)c(Oc2cccc(Oc3cc(N)ccc3C(F)(F)F)c2)c1. The van der Waals surface area contributed by atoms with E-state index < -0.39 is 35.0 Å². The van der Waals surface area contributed by atoms with Crippen LogP contribution in [0.3, 0.4) is 0 Å². The Balaban J connectivity index is 1.93. The molecule has 0 aromatic heterocycles. The number of hydrogen-bond acceptors (Lipinski definition) is 4. The van der Waals surface area contributed by atoms with Gasteiger partial charge in [-0.2, -0.15) is 26.3 Å². The summed E-state index contributed by atoms with van der Waals surface area (Å²) in [6, 6.07) is 10.8. The number of halogens is 6. The first-order chi connectivity index (χ1) is 13.9. The highest BCUT2D eigenvalue weighted by Gasteiger charge is 2.35. The van der Waals surface area contributed by atoms with Gasteiger partial charge < -0.3 is 20.9 Å².